The molecule has 2 N–H and O–H groups in total. The van der Waals surface area contributed by atoms with E-state index in [0.717, 1.165) is 5.69 Å². The molecule has 2 aromatic rings. The largest absolute Gasteiger partial charge is 0.367 e. The van der Waals surface area contributed by atoms with E-state index in [1.54, 1.807) is 17.9 Å². The molecule has 1 amide bonds. The normalized spacial score (nSPS) is 18.4. The summed E-state index contributed by atoms with van der Waals surface area (Å²) in [6.07, 6.45) is -0.452. The van der Waals surface area contributed by atoms with Crippen LogP contribution in [-0.2, 0) is 10.2 Å². The van der Waals surface area contributed by atoms with Gasteiger partial charge >= 0.3 is 0 Å². The molecular weight excluding hydrogens is 322 g/mol. The first-order valence-electron chi connectivity index (χ1n) is 8.28. The molecule has 1 atom stereocenters. The lowest BCUT2D eigenvalue weighted by molar-refractivity contribution is -0.0271. The van der Waals surface area contributed by atoms with Crippen molar-refractivity contribution in [2.24, 2.45) is 0 Å². The molecule has 3 rings (SSSR count). The van der Waals surface area contributed by atoms with Crippen molar-refractivity contribution in [3.63, 3.8) is 0 Å². The van der Waals surface area contributed by atoms with Crippen LogP contribution >= 0.6 is 0 Å². The van der Waals surface area contributed by atoms with Crippen molar-refractivity contribution in [1.82, 2.24) is 25.1 Å². The van der Waals surface area contributed by atoms with Crippen molar-refractivity contribution in [1.29, 1.82) is 0 Å². The molecule has 25 heavy (non-hydrogen) atoms. The summed E-state index contributed by atoms with van der Waals surface area (Å²) < 4.78 is 5.69. The van der Waals surface area contributed by atoms with E-state index in [1.165, 1.54) is 6.07 Å². The first-order valence-corrected chi connectivity index (χ1v) is 8.28. The zero-order chi connectivity index (χ0) is 18.2. The van der Waals surface area contributed by atoms with Crippen molar-refractivity contribution in [2.45, 2.75) is 39.2 Å². The Morgan fingerprint density at radius 3 is 2.76 bits per heavy atom. The summed E-state index contributed by atoms with van der Waals surface area (Å²) in [5.41, 5.74) is 1.58. The monoisotopic (exact) mass is 345 g/mol. The molecule has 1 saturated heterocycles. The minimum Gasteiger partial charge on any atom is -0.367 e. The van der Waals surface area contributed by atoms with Gasteiger partial charge < -0.3 is 14.6 Å². The number of amides is 1. The van der Waals surface area contributed by atoms with Gasteiger partial charge in [-0.2, -0.15) is 5.10 Å². The summed E-state index contributed by atoms with van der Waals surface area (Å²) in [6.45, 7) is 9.09. The number of nitrogens with one attached hydrogen (secondary N) is 2. The van der Waals surface area contributed by atoms with Gasteiger partial charge in [-0.05, 0) is 13.0 Å². The highest BCUT2D eigenvalue weighted by Gasteiger charge is 2.29. The average molecular weight is 345 g/mol. The number of morpholine rings is 1. The van der Waals surface area contributed by atoms with E-state index >= 15 is 0 Å². The third kappa shape index (κ3) is 3.79. The fourth-order valence-corrected chi connectivity index (χ4v) is 2.73. The van der Waals surface area contributed by atoms with E-state index in [9.17, 15) is 9.59 Å². The SMILES string of the molecule is Cc1cc(=O)[nH]c([C@H]2CN(C(=O)c3cc(C(C)(C)C)[nH]n3)CCO2)n1. The minimum absolute atomic E-state index is 0.107. The van der Waals surface area contributed by atoms with Gasteiger partial charge in [0.05, 0.1) is 13.2 Å². The molecule has 0 radical (unpaired) electrons. The van der Waals surface area contributed by atoms with Gasteiger partial charge in [0.15, 0.2) is 0 Å². The Bertz CT molecular complexity index is 833. The number of hydrogen-bond acceptors (Lipinski definition) is 5. The van der Waals surface area contributed by atoms with Crippen LogP contribution in [0.5, 0.6) is 0 Å². The van der Waals surface area contributed by atoms with Gasteiger partial charge in [0, 0.05) is 29.4 Å². The molecule has 0 unspecified atom stereocenters. The second-order valence-corrected chi connectivity index (χ2v) is 7.30. The fraction of sp³-hybridized carbons (Fsp3) is 0.529. The second-order valence-electron chi connectivity index (χ2n) is 7.30. The predicted octanol–water partition coefficient (Wildman–Crippen LogP) is 1.31. The lowest BCUT2D eigenvalue weighted by Crippen LogP contribution is -2.43. The number of carbonyl (C=O) groups excluding carboxylic acids is 1. The third-order valence-electron chi connectivity index (χ3n) is 4.15. The molecule has 8 heteroatoms. The molecule has 134 valence electrons. The van der Waals surface area contributed by atoms with Crippen LogP contribution in [0, 0.1) is 6.92 Å². The van der Waals surface area contributed by atoms with Crippen LogP contribution in [0.3, 0.4) is 0 Å². The fourth-order valence-electron chi connectivity index (χ4n) is 2.73. The minimum atomic E-state index is -0.452. The van der Waals surface area contributed by atoms with Crippen LogP contribution in [0.2, 0.25) is 0 Å². The van der Waals surface area contributed by atoms with Crippen LogP contribution in [0.4, 0.5) is 0 Å². The van der Waals surface area contributed by atoms with E-state index in [-0.39, 0.29) is 16.9 Å². The zero-order valence-electron chi connectivity index (χ0n) is 14.9. The zero-order valence-corrected chi connectivity index (χ0v) is 14.9. The molecule has 0 saturated carbocycles. The Morgan fingerprint density at radius 2 is 2.12 bits per heavy atom. The molecule has 0 bridgehead atoms. The van der Waals surface area contributed by atoms with Crippen LogP contribution in [0.1, 0.15) is 54.6 Å². The number of aromatic nitrogens is 4. The maximum absolute atomic E-state index is 12.7. The second kappa shape index (κ2) is 6.44. The predicted molar refractivity (Wildman–Crippen MR) is 91.5 cm³/mol. The number of aryl methyl sites for hydroxylation is 1. The quantitative estimate of drug-likeness (QED) is 0.854. The molecule has 8 nitrogen and oxygen atoms in total. The van der Waals surface area contributed by atoms with Gasteiger partial charge in [0.25, 0.3) is 11.5 Å². The van der Waals surface area contributed by atoms with Crippen molar-refractivity contribution in [3.05, 3.63) is 45.4 Å². The van der Waals surface area contributed by atoms with Crippen LogP contribution in [0.25, 0.3) is 0 Å². The summed E-state index contributed by atoms with van der Waals surface area (Å²) in [4.78, 5) is 33.1. The van der Waals surface area contributed by atoms with Crippen molar-refractivity contribution < 1.29 is 9.53 Å². The number of nitrogens with zero attached hydrogens (tertiary/aromatic N) is 3. The maximum Gasteiger partial charge on any atom is 0.274 e. The van der Waals surface area contributed by atoms with Gasteiger partial charge in [-0.15, -0.1) is 0 Å². The highest BCUT2D eigenvalue weighted by atomic mass is 16.5. The molecule has 0 aliphatic carbocycles. The average Bonchev–Trinajstić information content (AvgIpc) is 3.03. The standard InChI is InChI=1S/C17H23N5O3/c1-10-7-14(23)19-15(18-10)12-9-22(5-6-25-12)16(24)11-8-13(21-20-11)17(2,3)4/h7-8,12H,5-6,9H2,1-4H3,(H,20,21)(H,18,19,23)/t12-/m1/s1. The molecule has 2 aromatic heterocycles. The molecule has 1 fully saturated rings. The van der Waals surface area contributed by atoms with Crippen LogP contribution in [0.15, 0.2) is 16.9 Å². The summed E-state index contributed by atoms with van der Waals surface area (Å²) in [6, 6.07) is 3.21. The first-order chi connectivity index (χ1) is 11.7. The Morgan fingerprint density at radius 1 is 1.36 bits per heavy atom. The number of carbonyl (C=O) groups is 1. The molecule has 0 spiro atoms. The van der Waals surface area contributed by atoms with E-state index in [0.29, 0.717) is 36.9 Å². The molecule has 3 heterocycles. The number of H-pyrrole nitrogens is 2. The summed E-state index contributed by atoms with van der Waals surface area (Å²) in [5, 5.41) is 7.09. The third-order valence-corrected chi connectivity index (χ3v) is 4.15. The van der Waals surface area contributed by atoms with Crippen molar-refractivity contribution in [3.8, 4) is 0 Å². The molecule has 1 aliphatic heterocycles. The Labute approximate surface area is 145 Å². The van der Waals surface area contributed by atoms with Gasteiger partial charge in [0.2, 0.25) is 0 Å². The number of ether oxygens (including phenoxy) is 1. The van der Waals surface area contributed by atoms with Crippen molar-refractivity contribution >= 4 is 5.91 Å². The van der Waals surface area contributed by atoms with Gasteiger partial charge in [-0.1, -0.05) is 20.8 Å². The van der Waals surface area contributed by atoms with Gasteiger partial charge in [-0.25, -0.2) is 4.98 Å². The topological polar surface area (TPSA) is 104 Å². The lowest BCUT2D eigenvalue weighted by Gasteiger charge is -2.32. The maximum atomic E-state index is 12.7. The van der Waals surface area contributed by atoms with Crippen LogP contribution < -0.4 is 5.56 Å². The Balaban J connectivity index is 1.78. The summed E-state index contributed by atoms with van der Waals surface area (Å²) >= 11 is 0. The first kappa shape index (κ1) is 17.3. The lowest BCUT2D eigenvalue weighted by atomic mass is 9.92. The summed E-state index contributed by atoms with van der Waals surface area (Å²) in [5.74, 6) is 0.287. The number of rotatable bonds is 2. The van der Waals surface area contributed by atoms with E-state index in [1.807, 2.05) is 0 Å². The van der Waals surface area contributed by atoms with E-state index < -0.39 is 6.10 Å². The smallest absolute Gasteiger partial charge is 0.274 e. The highest BCUT2D eigenvalue weighted by molar-refractivity contribution is 5.92. The van der Waals surface area contributed by atoms with Gasteiger partial charge in [0.1, 0.15) is 17.6 Å². The number of hydrogen-bond donors (Lipinski definition) is 2. The molecule has 0 aromatic carbocycles. The van der Waals surface area contributed by atoms with Gasteiger partial charge in [-0.3, -0.25) is 14.7 Å². The summed E-state index contributed by atoms with van der Waals surface area (Å²) in [7, 11) is 0. The van der Waals surface area contributed by atoms with E-state index in [2.05, 4.69) is 40.9 Å². The molecular formula is C17H23N5O3. The molecule has 1 aliphatic rings. The van der Waals surface area contributed by atoms with E-state index in [4.69, 9.17) is 4.74 Å². The highest BCUT2D eigenvalue weighted by Crippen LogP contribution is 2.23. The van der Waals surface area contributed by atoms with Crippen LogP contribution in [-0.4, -0.2) is 50.7 Å². The van der Waals surface area contributed by atoms with Crippen molar-refractivity contribution in [2.75, 3.05) is 19.7 Å². The number of aromatic amines is 2. The Kier molecular flexibility index (Phi) is 4.47. The Hall–Kier alpha value is -2.48.